The first kappa shape index (κ1) is 8.04. The van der Waals surface area contributed by atoms with Gasteiger partial charge in [-0.05, 0) is 19.1 Å². The topological polar surface area (TPSA) is 41.6 Å². The van der Waals surface area contributed by atoms with E-state index in [1.54, 1.807) is 0 Å². The van der Waals surface area contributed by atoms with E-state index in [1.807, 2.05) is 39.2 Å². The number of aromatic amines is 1. The van der Waals surface area contributed by atoms with E-state index >= 15 is 0 Å². The Balaban J connectivity index is 2.41. The lowest BCUT2D eigenvalue weighted by Gasteiger charge is -1.94. The predicted octanol–water partition coefficient (Wildman–Crippen LogP) is 0.0385. The van der Waals surface area contributed by atoms with Gasteiger partial charge in [0.25, 0.3) is 0 Å². The van der Waals surface area contributed by atoms with Crippen LogP contribution in [0.25, 0.3) is 11.4 Å². The Kier molecular flexibility index (Phi) is 1.89. The van der Waals surface area contributed by atoms with Crippen LogP contribution in [0.2, 0.25) is 0 Å². The molecule has 0 bridgehead atoms. The molecule has 0 unspecified atom stereocenters. The van der Waals surface area contributed by atoms with Crippen molar-refractivity contribution in [3.8, 4) is 11.4 Å². The van der Waals surface area contributed by atoms with E-state index in [9.17, 15) is 0 Å². The first-order valence-electron chi connectivity index (χ1n) is 4.21. The second-order valence-corrected chi connectivity index (χ2v) is 3.16. The van der Waals surface area contributed by atoms with Gasteiger partial charge in [-0.1, -0.05) is 11.5 Å². The number of H-pyrrole nitrogens is 1. The van der Waals surface area contributed by atoms with Gasteiger partial charge in [-0.2, -0.15) is 5.10 Å². The maximum atomic E-state index is 4.28. The molecule has 1 N–H and O–H groups in total. The number of aryl methyl sites for hydroxylation is 1. The maximum Gasteiger partial charge on any atom is 0.141 e. The van der Waals surface area contributed by atoms with Crippen LogP contribution in [-0.4, -0.2) is 23.0 Å². The van der Waals surface area contributed by atoms with Gasteiger partial charge in [-0.25, -0.2) is 0 Å². The highest BCUT2D eigenvalue weighted by Crippen LogP contribution is 2.12. The Morgan fingerprint density at radius 1 is 1.31 bits per heavy atom. The zero-order valence-corrected chi connectivity index (χ0v) is 7.70. The zero-order valence-electron chi connectivity index (χ0n) is 7.70. The van der Waals surface area contributed by atoms with Crippen molar-refractivity contribution in [2.24, 2.45) is 0 Å². The highest BCUT2D eigenvalue weighted by molar-refractivity contribution is 6.32. The minimum absolute atomic E-state index is 0.900. The molecular formula is C9H10BN3. The normalized spacial score (nSPS) is 10.2. The molecular weight excluding hydrogens is 161 g/mol. The van der Waals surface area contributed by atoms with Crippen LogP contribution in [-0.2, 0) is 0 Å². The molecule has 2 aromatic rings. The fraction of sp³-hybridized carbons (Fsp3) is 0.111. The average molecular weight is 171 g/mol. The predicted molar refractivity (Wildman–Crippen MR) is 54.7 cm³/mol. The summed E-state index contributed by atoms with van der Waals surface area (Å²) >= 11 is 0. The summed E-state index contributed by atoms with van der Waals surface area (Å²) in [5.74, 6) is 0. The number of nitrogens with zero attached hydrogens (tertiary/aromatic N) is 2. The highest BCUT2D eigenvalue weighted by atomic mass is 15.1. The number of hydrogen-bond acceptors (Lipinski definition) is 2. The van der Waals surface area contributed by atoms with Crippen molar-refractivity contribution in [2.75, 3.05) is 0 Å². The molecule has 0 fully saturated rings. The molecule has 0 radical (unpaired) electrons. The van der Waals surface area contributed by atoms with Crippen LogP contribution in [0, 0.1) is 6.92 Å². The summed E-state index contributed by atoms with van der Waals surface area (Å²) in [7, 11) is 2.02. The molecule has 0 saturated carbocycles. The molecule has 0 aliphatic carbocycles. The number of aromatic nitrogens is 3. The Morgan fingerprint density at radius 3 is 2.69 bits per heavy atom. The lowest BCUT2D eigenvalue weighted by atomic mass is 9.98. The lowest BCUT2D eigenvalue weighted by Crippen LogP contribution is -2.02. The largest absolute Gasteiger partial charge is 0.282 e. The zero-order chi connectivity index (χ0) is 9.26. The van der Waals surface area contributed by atoms with E-state index in [2.05, 4.69) is 15.2 Å². The molecule has 4 heteroatoms. The van der Waals surface area contributed by atoms with E-state index in [-0.39, 0.29) is 0 Å². The van der Waals surface area contributed by atoms with Crippen LogP contribution in [0.4, 0.5) is 0 Å². The minimum atomic E-state index is 0.900. The Morgan fingerprint density at radius 2 is 2.15 bits per heavy atom. The van der Waals surface area contributed by atoms with E-state index in [0.717, 1.165) is 22.5 Å². The Hall–Kier alpha value is -1.58. The number of rotatable bonds is 1. The third-order valence-corrected chi connectivity index (χ3v) is 1.88. The molecule has 13 heavy (non-hydrogen) atoms. The third kappa shape index (κ3) is 1.61. The minimum Gasteiger partial charge on any atom is -0.282 e. The van der Waals surface area contributed by atoms with E-state index < -0.39 is 0 Å². The van der Waals surface area contributed by atoms with E-state index in [4.69, 9.17) is 0 Å². The highest BCUT2D eigenvalue weighted by Gasteiger charge is 2.01. The summed E-state index contributed by atoms with van der Waals surface area (Å²) in [6.45, 7) is 1.98. The first-order valence-corrected chi connectivity index (χ1v) is 4.21. The first-order chi connectivity index (χ1) is 6.25. The average Bonchev–Trinajstić information content (AvgIpc) is 2.53. The van der Waals surface area contributed by atoms with Gasteiger partial charge in [0.05, 0.1) is 5.69 Å². The molecule has 0 amide bonds. The molecule has 2 heterocycles. The van der Waals surface area contributed by atoms with Crippen molar-refractivity contribution >= 4 is 13.3 Å². The van der Waals surface area contributed by atoms with Gasteiger partial charge in [0.15, 0.2) is 0 Å². The van der Waals surface area contributed by atoms with Gasteiger partial charge in [0.1, 0.15) is 13.5 Å². The smallest absolute Gasteiger partial charge is 0.141 e. The Labute approximate surface area is 77.6 Å². The van der Waals surface area contributed by atoms with Crippen molar-refractivity contribution in [1.29, 1.82) is 0 Å². The van der Waals surface area contributed by atoms with Gasteiger partial charge >= 0.3 is 0 Å². The molecule has 2 rings (SSSR count). The van der Waals surface area contributed by atoms with Crippen molar-refractivity contribution < 1.29 is 0 Å². The van der Waals surface area contributed by atoms with Crippen molar-refractivity contribution in [2.45, 2.75) is 6.92 Å². The van der Waals surface area contributed by atoms with Crippen LogP contribution in [0.3, 0.4) is 0 Å². The second-order valence-electron chi connectivity index (χ2n) is 3.16. The van der Waals surface area contributed by atoms with Crippen LogP contribution in [0.1, 0.15) is 5.69 Å². The molecule has 0 aliphatic heterocycles. The van der Waals surface area contributed by atoms with Gasteiger partial charge in [-0.3, -0.25) is 10.1 Å². The molecule has 0 atom stereocenters. The summed E-state index contributed by atoms with van der Waals surface area (Å²) in [6, 6.07) is 5.99. The molecule has 0 aliphatic rings. The van der Waals surface area contributed by atoms with Crippen LogP contribution < -0.4 is 5.46 Å². The summed E-state index contributed by atoms with van der Waals surface area (Å²) in [6.07, 6.45) is 1.85. The van der Waals surface area contributed by atoms with Crippen molar-refractivity contribution in [1.82, 2.24) is 15.2 Å². The molecule has 64 valence electrons. The third-order valence-electron chi connectivity index (χ3n) is 1.88. The van der Waals surface area contributed by atoms with E-state index in [0.29, 0.717) is 0 Å². The summed E-state index contributed by atoms with van der Waals surface area (Å²) in [5.41, 5.74) is 4.03. The molecule has 3 nitrogen and oxygen atoms in total. The fourth-order valence-corrected chi connectivity index (χ4v) is 1.17. The van der Waals surface area contributed by atoms with Crippen molar-refractivity contribution in [3.63, 3.8) is 0 Å². The quantitative estimate of drug-likeness (QED) is 0.615. The summed E-state index contributed by atoms with van der Waals surface area (Å²) < 4.78 is 0. The molecule has 0 spiro atoms. The Bertz CT molecular complexity index is 405. The molecule has 0 saturated heterocycles. The number of pyridine rings is 1. The molecule has 2 aromatic heterocycles. The summed E-state index contributed by atoms with van der Waals surface area (Å²) in [5, 5.41) is 7.02. The van der Waals surface area contributed by atoms with Crippen LogP contribution in [0.15, 0.2) is 24.4 Å². The standard InChI is InChI=1S/C9H10BN3/c1-6-4-9(13-12-6)8-3-2-7(10)5-11-8/h2-5H,10H2,1H3,(H,12,13). The maximum absolute atomic E-state index is 4.28. The van der Waals surface area contributed by atoms with Crippen LogP contribution in [0.5, 0.6) is 0 Å². The van der Waals surface area contributed by atoms with Gasteiger partial charge < -0.3 is 0 Å². The monoisotopic (exact) mass is 171 g/mol. The van der Waals surface area contributed by atoms with E-state index in [1.165, 1.54) is 0 Å². The van der Waals surface area contributed by atoms with Crippen molar-refractivity contribution in [3.05, 3.63) is 30.1 Å². The number of hydrogen-bond donors (Lipinski definition) is 1. The second kappa shape index (κ2) is 3.05. The SMILES string of the molecule is Bc1ccc(-c2cc(C)[nH]n2)nc1. The number of nitrogens with one attached hydrogen (secondary N) is 1. The van der Waals surface area contributed by atoms with Gasteiger partial charge in [0, 0.05) is 11.9 Å². The van der Waals surface area contributed by atoms with Crippen LogP contribution >= 0.6 is 0 Å². The molecule has 0 aromatic carbocycles. The van der Waals surface area contributed by atoms with Gasteiger partial charge in [0.2, 0.25) is 0 Å². The summed E-state index contributed by atoms with van der Waals surface area (Å²) in [4.78, 5) is 4.28. The lowest BCUT2D eigenvalue weighted by molar-refractivity contribution is 1.05. The van der Waals surface area contributed by atoms with Gasteiger partial charge in [-0.15, -0.1) is 0 Å². The fourth-order valence-electron chi connectivity index (χ4n) is 1.17.